The number of aryl methyl sites for hydroxylation is 2. The maximum atomic E-state index is 12.9. The molecule has 27 heavy (non-hydrogen) atoms. The minimum absolute atomic E-state index is 0.0210. The highest BCUT2D eigenvalue weighted by Gasteiger charge is 2.51. The van der Waals surface area contributed by atoms with Gasteiger partial charge in [0.2, 0.25) is 5.91 Å². The van der Waals surface area contributed by atoms with Crippen molar-refractivity contribution in [1.82, 2.24) is 19.6 Å². The summed E-state index contributed by atoms with van der Waals surface area (Å²) < 4.78 is 7.12. The van der Waals surface area contributed by atoms with Crippen molar-refractivity contribution in [3.8, 4) is 0 Å². The van der Waals surface area contributed by atoms with E-state index in [4.69, 9.17) is 4.74 Å². The molecule has 1 aromatic heterocycles. The van der Waals surface area contributed by atoms with Gasteiger partial charge in [0, 0.05) is 31.7 Å². The van der Waals surface area contributed by atoms with Crippen molar-refractivity contribution in [2.45, 2.75) is 32.4 Å². The number of aromatic nitrogens is 2. The zero-order valence-electron chi connectivity index (χ0n) is 15.7. The fourth-order valence-corrected chi connectivity index (χ4v) is 4.11. The van der Waals surface area contributed by atoms with Crippen molar-refractivity contribution in [3.05, 3.63) is 53.3 Å². The molecule has 7 nitrogen and oxygen atoms in total. The van der Waals surface area contributed by atoms with Gasteiger partial charge in [-0.05, 0) is 25.5 Å². The van der Waals surface area contributed by atoms with Crippen LogP contribution in [0.1, 0.15) is 17.0 Å². The molecule has 4 rings (SSSR count). The van der Waals surface area contributed by atoms with Gasteiger partial charge in [-0.3, -0.25) is 14.4 Å². The van der Waals surface area contributed by atoms with Crippen LogP contribution in [-0.4, -0.2) is 63.4 Å². The first-order valence-electron chi connectivity index (χ1n) is 9.24. The number of fused-ring (bicyclic) bond motifs is 1. The molecule has 0 saturated carbocycles. The summed E-state index contributed by atoms with van der Waals surface area (Å²) in [5.74, 6) is 0.0210. The molecule has 0 bridgehead atoms. The fraction of sp³-hybridized carbons (Fsp3) is 0.450. The lowest BCUT2D eigenvalue weighted by Crippen LogP contribution is -2.63. The van der Waals surface area contributed by atoms with Crippen LogP contribution in [-0.2, 0) is 22.5 Å². The molecule has 1 unspecified atom stereocenters. The van der Waals surface area contributed by atoms with E-state index in [0.29, 0.717) is 32.7 Å². The maximum Gasteiger partial charge on any atom is 0.410 e. The van der Waals surface area contributed by atoms with Crippen LogP contribution >= 0.6 is 0 Å². The number of cyclic esters (lactones) is 1. The van der Waals surface area contributed by atoms with E-state index in [9.17, 15) is 9.59 Å². The molecule has 0 radical (unpaired) electrons. The predicted molar refractivity (Wildman–Crippen MR) is 99.2 cm³/mol. The average molecular weight is 368 g/mol. The number of carbonyl (C=O) groups excluding carboxylic acids is 2. The van der Waals surface area contributed by atoms with Crippen LogP contribution in [0.4, 0.5) is 4.79 Å². The van der Waals surface area contributed by atoms with Crippen LogP contribution in [0.15, 0.2) is 36.4 Å². The van der Waals surface area contributed by atoms with E-state index in [1.54, 1.807) is 9.58 Å². The van der Waals surface area contributed by atoms with Gasteiger partial charge < -0.3 is 9.64 Å². The lowest BCUT2D eigenvalue weighted by atomic mass is 9.88. The van der Waals surface area contributed by atoms with E-state index < -0.39 is 5.54 Å². The van der Waals surface area contributed by atoms with E-state index in [1.165, 1.54) is 0 Å². The van der Waals surface area contributed by atoms with Crippen molar-refractivity contribution in [2.24, 2.45) is 0 Å². The van der Waals surface area contributed by atoms with E-state index in [1.807, 2.05) is 55.1 Å². The summed E-state index contributed by atoms with van der Waals surface area (Å²) in [5.41, 5.74) is 2.51. The highest BCUT2D eigenvalue weighted by Crippen LogP contribution is 2.32. The normalized spacial score (nSPS) is 21.9. The summed E-state index contributed by atoms with van der Waals surface area (Å²) >= 11 is 0. The Morgan fingerprint density at radius 2 is 2.00 bits per heavy atom. The van der Waals surface area contributed by atoms with Crippen LogP contribution in [0.2, 0.25) is 0 Å². The number of hydrogen-bond acceptors (Lipinski definition) is 4. The lowest BCUT2D eigenvalue weighted by molar-refractivity contribution is -0.136. The van der Waals surface area contributed by atoms with Gasteiger partial charge in [-0.15, -0.1) is 0 Å². The Morgan fingerprint density at radius 3 is 2.70 bits per heavy atom. The van der Waals surface area contributed by atoms with E-state index >= 15 is 0 Å². The summed E-state index contributed by atoms with van der Waals surface area (Å²) in [5, 5.41) is 4.39. The zero-order chi connectivity index (χ0) is 19.0. The maximum absolute atomic E-state index is 12.9. The number of carbonyl (C=O) groups is 2. The Hall–Kier alpha value is -2.83. The number of rotatable bonds is 4. The molecule has 1 aromatic carbocycles. The van der Waals surface area contributed by atoms with Crippen LogP contribution < -0.4 is 0 Å². The largest absolute Gasteiger partial charge is 0.447 e. The molecule has 1 atom stereocenters. The standard InChI is InChI=1S/C20H24N4O3/c1-15-10-16(2)24(21-15)12-18(25)22-8-9-23-19(26)27-14-20(23,13-22)11-17-6-4-3-5-7-17/h3-7,10H,8-9,11-14H2,1-2H3. The van der Waals surface area contributed by atoms with Gasteiger partial charge in [0.25, 0.3) is 0 Å². The topological polar surface area (TPSA) is 67.7 Å². The van der Waals surface area contributed by atoms with Crippen LogP contribution in [0.25, 0.3) is 0 Å². The van der Waals surface area contributed by atoms with Crippen LogP contribution in [0.5, 0.6) is 0 Å². The second kappa shape index (κ2) is 6.72. The van der Waals surface area contributed by atoms with Crippen molar-refractivity contribution in [2.75, 3.05) is 26.2 Å². The SMILES string of the molecule is Cc1cc(C)n(CC(=O)N2CCN3C(=O)OCC3(Cc3ccccc3)C2)n1. The van der Waals surface area contributed by atoms with Crippen LogP contribution in [0.3, 0.4) is 0 Å². The lowest BCUT2D eigenvalue weighted by Gasteiger charge is -2.44. The number of nitrogens with zero attached hydrogens (tertiary/aromatic N) is 4. The number of hydrogen-bond donors (Lipinski definition) is 0. The molecule has 2 aromatic rings. The van der Waals surface area contributed by atoms with E-state index in [2.05, 4.69) is 5.10 Å². The van der Waals surface area contributed by atoms with E-state index in [-0.39, 0.29) is 18.5 Å². The molecule has 2 amide bonds. The Morgan fingerprint density at radius 1 is 1.22 bits per heavy atom. The van der Waals surface area contributed by atoms with Gasteiger partial charge in [-0.1, -0.05) is 30.3 Å². The Bertz CT molecular complexity index is 863. The number of amides is 2. The Balaban J connectivity index is 1.54. The second-order valence-corrected chi connectivity index (χ2v) is 7.49. The zero-order valence-corrected chi connectivity index (χ0v) is 15.7. The molecule has 0 spiro atoms. The summed E-state index contributed by atoms with van der Waals surface area (Å²) in [6.45, 7) is 5.89. The molecule has 142 valence electrons. The fourth-order valence-electron chi connectivity index (χ4n) is 4.11. The van der Waals surface area contributed by atoms with Crippen molar-refractivity contribution >= 4 is 12.0 Å². The van der Waals surface area contributed by atoms with Gasteiger partial charge in [0.05, 0.1) is 5.69 Å². The quantitative estimate of drug-likeness (QED) is 0.825. The highest BCUT2D eigenvalue weighted by molar-refractivity contribution is 5.78. The van der Waals surface area contributed by atoms with Crippen molar-refractivity contribution in [1.29, 1.82) is 0 Å². The van der Waals surface area contributed by atoms with Gasteiger partial charge in [-0.25, -0.2) is 4.79 Å². The molecule has 3 heterocycles. The van der Waals surface area contributed by atoms with Crippen molar-refractivity contribution < 1.29 is 14.3 Å². The summed E-state index contributed by atoms with van der Waals surface area (Å²) in [6.07, 6.45) is 0.389. The third-order valence-electron chi connectivity index (χ3n) is 5.45. The summed E-state index contributed by atoms with van der Waals surface area (Å²) in [6, 6.07) is 12.0. The van der Waals surface area contributed by atoms with Gasteiger partial charge in [0.1, 0.15) is 18.7 Å². The molecule has 0 N–H and O–H groups in total. The monoisotopic (exact) mass is 368 g/mol. The van der Waals surface area contributed by atoms with Gasteiger partial charge >= 0.3 is 6.09 Å². The minimum Gasteiger partial charge on any atom is -0.447 e. The molecule has 0 aliphatic carbocycles. The molecule has 2 saturated heterocycles. The van der Waals surface area contributed by atoms with Crippen molar-refractivity contribution in [3.63, 3.8) is 0 Å². The summed E-state index contributed by atoms with van der Waals surface area (Å²) in [4.78, 5) is 28.8. The molecule has 2 aliphatic rings. The molecule has 7 heteroatoms. The first kappa shape index (κ1) is 17.6. The van der Waals surface area contributed by atoms with Gasteiger partial charge in [0.15, 0.2) is 0 Å². The number of piperazine rings is 1. The minimum atomic E-state index is -0.499. The predicted octanol–water partition coefficient (Wildman–Crippen LogP) is 1.78. The van der Waals surface area contributed by atoms with Gasteiger partial charge in [-0.2, -0.15) is 5.10 Å². The number of ether oxygens (including phenoxy) is 1. The molecular formula is C20H24N4O3. The van der Waals surface area contributed by atoms with E-state index in [0.717, 1.165) is 17.0 Å². The Labute approximate surface area is 158 Å². The third-order valence-corrected chi connectivity index (χ3v) is 5.45. The molecule has 2 fully saturated rings. The third kappa shape index (κ3) is 3.29. The second-order valence-electron chi connectivity index (χ2n) is 7.49. The highest BCUT2D eigenvalue weighted by atomic mass is 16.6. The van der Waals surface area contributed by atoms with Crippen LogP contribution in [0, 0.1) is 13.8 Å². The first-order valence-corrected chi connectivity index (χ1v) is 9.24. The smallest absolute Gasteiger partial charge is 0.410 e. The first-order chi connectivity index (χ1) is 13.0. The summed E-state index contributed by atoms with van der Waals surface area (Å²) in [7, 11) is 0. The molecular weight excluding hydrogens is 344 g/mol. The molecule has 2 aliphatic heterocycles. The average Bonchev–Trinajstić information content (AvgIpc) is 3.14. The number of benzene rings is 1. The Kier molecular flexibility index (Phi) is 4.37.